The molecule has 0 spiro atoms. The van der Waals surface area contributed by atoms with Gasteiger partial charge in [-0.1, -0.05) is 36.4 Å². The molecule has 0 saturated carbocycles. The smallest absolute Gasteiger partial charge is 0.165 e. The molecule has 2 aromatic carbocycles. The summed E-state index contributed by atoms with van der Waals surface area (Å²) in [4.78, 5) is 0. The van der Waals surface area contributed by atoms with Gasteiger partial charge in [0, 0.05) is 0 Å². The van der Waals surface area contributed by atoms with E-state index >= 15 is 0 Å². The molecule has 0 heterocycles. The minimum atomic E-state index is -1.03. The van der Waals surface area contributed by atoms with E-state index in [2.05, 4.69) is 0 Å². The lowest BCUT2D eigenvalue weighted by atomic mass is 10.0. The van der Waals surface area contributed by atoms with Crippen molar-refractivity contribution in [3.05, 3.63) is 48.0 Å². The van der Waals surface area contributed by atoms with Crippen LogP contribution in [-0.2, 0) is 0 Å². The Morgan fingerprint density at radius 3 is 2.50 bits per heavy atom. The SMILES string of the molecule is N#CC(O)c1ccc2ccccc2c1. The van der Waals surface area contributed by atoms with Crippen molar-refractivity contribution < 1.29 is 5.11 Å². The number of hydrogen-bond donors (Lipinski definition) is 1. The Balaban J connectivity index is 2.58. The molecule has 0 aliphatic carbocycles. The minimum Gasteiger partial charge on any atom is -0.374 e. The van der Waals surface area contributed by atoms with Gasteiger partial charge in [0.15, 0.2) is 6.10 Å². The maximum Gasteiger partial charge on any atom is 0.165 e. The van der Waals surface area contributed by atoms with Crippen LogP contribution in [0.15, 0.2) is 42.5 Å². The Bertz CT molecular complexity index is 499. The fourth-order valence-electron chi connectivity index (χ4n) is 1.45. The first-order valence-corrected chi connectivity index (χ1v) is 4.37. The van der Waals surface area contributed by atoms with Crippen molar-refractivity contribution in [3.63, 3.8) is 0 Å². The minimum absolute atomic E-state index is 0.645. The van der Waals surface area contributed by atoms with Crippen LogP contribution in [0.3, 0.4) is 0 Å². The average Bonchev–Trinajstić information content (AvgIpc) is 2.27. The van der Waals surface area contributed by atoms with E-state index in [0.717, 1.165) is 10.8 Å². The van der Waals surface area contributed by atoms with Gasteiger partial charge in [-0.3, -0.25) is 0 Å². The van der Waals surface area contributed by atoms with Crippen molar-refractivity contribution in [1.29, 1.82) is 5.26 Å². The van der Waals surface area contributed by atoms with Crippen molar-refractivity contribution in [2.75, 3.05) is 0 Å². The molecule has 0 radical (unpaired) electrons. The highest BCUT2D eigenvalue weighted by Gasteiger charge is 2.05. The molecule has 0 amide bonds. The van der Waals surface area contributed by atoms with E-state index in [9.17, 15) is 5.11 Å². The van der Waals surface area contributed by atoms with Gasteiger partial charge in [-0.2, -0.15) is 5.26 Å². The highest BCUT2D eigenvalue weighted by Crippen LogP contribution is 2.19. The molecule has 1 N–H and O–H groups in total. The molecule has 2 heteroatoms. The first-order chi connectivity index (χ1) is 6.81. The molecule has 1 atom stereocenters. The van der Waals surface area contributed by atoms with Crippen LogP contribution in [0, 0.1) is 11.3 Å². The second-order valence-electron chi connectivity index (χ2n) is 3.14. The molecule has 0 aromatic heterocycles. The summed E-state index contributed by atoms with van der Waals surface area (Å²) in [6.45, 7) is 0. The highest BCUT2D eigenvalue weighted by atomic mass is 16.3. The summed E-state index contributed by atoms with van der Waals surface area (Å²) in [6.07, 6.45) is -1.03. The first-order valence-electron chi connectivity index (χ1n) is 4.37. The van der Waals surface area contributed by atoms with Crippen LogP contribution >= 0.6 is 0 Å². The monoisotopic (exact) mass is 183 g/mol. The van der Waals surface area contributed by atoms with Crippen LogP contribution in [0.2, 0.25) is 0 Å². The Hall–Kier alpha value is -1.85. The van der Waals surface area contributed by atoms with E-state index < -0.39 is 6.10 Å². The molecule has 2 aromatic rings. The number of nitrogens with zero attached hydrogens (tertiary/aromatic N) is 1. The van der Waals surface area contributed by atoms with Gasteiger partial charge in [0.2, 0.25) is 0 Å². The molecule has 2 nitrogen and oxygen atoms in total. The summed E-state index contributed by atoms with van der Waals surface area (Å²) in [7, 11) is 0. The lowest BCUT2D eigenvalue weighted by Gasteiger charge is -2.03. The Morgan fingerprint density at radius 2 is 1.79 bits per heavy atom. The van der Waals surface area contributed by atoms with Crippen molar-refractivity contribution in [2.24, 2.45) is 0 Å². The summed E-state index contributed by atoms with van der Waals surface area (Å²) in [5.41, 5.74) is 0.645. The van der Waals surface area contributed by atoms with Gasteiger partial charge in [0.1, 0.15) is 0 Å². The Labute approximate surface area is 82.0 Å². The van der Waals surface area contributed by atoms with Gasteiger partial charge in [-0.05, 0) is 22.4 Å². The Kier molecular flexibility index (Phi) is 2.18. The number of fused-ring (bicyclic) bond motifs is 1. The molecular weight excluding hydrogens is 174 g/mol. The van der Waals surface area contributed by atoms with Gasteiger partial charge in [0.05, 0.1) is 6.07 Å². The van der Waals surface area contributed by atoms with Crippen LogP contribution in [0.5, 0.6) is 0 Å². The number of nitriles is 1. The predicted molar refractivity (Wildman–Crippen MR) is 54.5 cm³/mol. The van der Waals surface area contributed by atoms with Gasteiger partial charge in [0.25, 0.3) is 0 Å². The fraction of sp³-hybridized carbons (Fsp3) is 0.0833. The van der Waals surface area contributed by atoms with Crippen molar-refractivity contribution in [1.82, 2.24) is 0 Å². The second kappa shape index (κ2) is 3.49. The van der Waals surface area contributed by atoms with Crippen LogP contribution in [0.1, 0.15) is 11.7 Å². The molecule has 0 aliphatic heterocycles. The highest BCUT2D eigenvalue weighted by molar-refractivity contribution is 5.83. The standard InChI is InChI=1S/C12H9NO/c13-8-12(14)11-6-5-9-3-1-2-4-10(9)7-11/h1-7,12,14H. The van der Waals surface area contributed by atoms with E-state index in [1.807, 2.05) is 36.4 Å². The third kappa shape index (κ3) is 1.46. The second-order valence-corrected chi connectivity index (χ2v) is 3.14. The van der Waals surface area contributed by atoms with E-state index in [-0.39, 0.29) is 0 Å². The molecule has 0 aliphatic rings. The third-order valence-electron chi connectivity index (χ3n) is 2.21. The maximum absolute atomic E-state index is 9.33. The van der Waals surface area contributed by atoms with Gasteiger partial charge >= 0.3 is 0 Å². The van der Waals surface area contributed by atoms with Gasteiger partial charge < -0.3 is 5.11 Å². The van der Waals surface area contributed by atoms with Crippen LogP contribution in [0.4, 0.5) is 0 Å². The lowest BCUT2D eigenvalue weighted by Crippen LogP contribution is -1.92. The summed E-state index contributed by atoms with van der Waals surface area (Å²) in [6, 6.07) is 15.2. The lowest BCUT2D eigenvalue weighted by molar-refractivity contribution is 0.236. The number of rotatable bonds is 1. The van der Waals surface area contributed by atoms with E-state index in [1.54, 1.807) is 12.1 Å². The molecule has 0 bridgehead atoms. The topological polar surface area (TPSA) is 44.0 Å². The quantitative estimate of drug-likeness (QED) is 0.690. The average molecular weight is 183 g/mol. The van der Waals surface area contributed by atoms with Crippen LogP contribution in [-0.4, -0.2) is 5.11 Å². The van der Waals surface area contributed by atoms with Gasteiger partial charge in [-0.25, -0.2) is 0 Å². The van der Waals surface area contributed by atoms with E-state index in [1.165, 1.54) is 0 Å². The van der Waals surface area contributed by atoms with Crippen molar-refractivity contribution in [3.8, 4) is 6.07 Å². The maximum atomic E-state index is 9.33. The van der Waals surface area contributed by atoms with Crippen LogP contribution in [0.25, 0.3) is 10.8 Å². The molecule has 1 unspecified atom stereocenters. The van der Waals surface area contributed by atoms with Gasteiger partial charge in [-0.15, -0.1) is 0 Å². The fourth-order valence-corrected chi connectivity index (χ4v) is 1.45. The zero-order valence-corrected chi connectivity index (χ0v) is 7.51. The molecule has 0 fully saturated rings. The van der Waals surface area contributed by atoms with Crippen molar-refractivity contribution in [2.45, 2.75) is 6.10 Å². The van der Waals surface area contributed by atoms with E-state index in [0.29, 0.717) is 5.56 Å². The zero-order valence-electron chi connectivity index (χ0n) is 7.51. The van der Waals surface area contributed by atoms with E-state index in [4.69, 9.17) is 5.26 Å². The number of hydrogen-bond acceptors (Lipinski definition) is 2. The normalized spacial score (nSPS) is 12.3. The molecule has 14 heavy (non-hydrogen) atoms. The first kappa shape index (κ1) is 8.74. The molecular formula is C12H9NO. The van der Waals surface area contributed by atoms with Crippen LogP contribution < -0.4 is 0 Å². The summed E-state index contributed by atoms with van der Waals surface area (Å²) < 4.78 is 0. The van der Waals surface area contributed by atoms with Crippen molar-refractivity contribution >= 4 is 10.8 Å². The molecule has 2 rings (SSSR count). The number of aliphatic hydroxyl groups excluding tert-OH is 1. The summed E-state index contributed by atoms with van der Waals surface area (Å²) in [5.74, 6) is 0. The predicted octanol–water partition coefficient (Wildman–Crippen LogP) is 2.40. The summed E-state index contributed by atoms with van der Waals surface area (Å²) in [5, 5.41) is 20.0. The number of benzene rings is 2. The number of aliphatic hydroxyl groups is 1. The molecule has 0 saturated heterocycles. The largest absolute Gasteiger partial charge is 0.374 e. The summed E-state index contributed by atoms with van der Waals surface area (Å²) >= 11 is 0. The zero-order chi connectivity index (χ0) is 9.97. The Morgan fingerprint density at radius 1 is 1.07 bits per heavy atom. The molecule has 68 valence electrons. The third-order valence-corrected chi connectivity index (χ3v) is 2.21.